The second kappa shape index (κ2) is 8.47. The van der Waals surface area contributed by atoms with Crippen LogP contribution in [-0.2, 0) is 5.75 Å². The minimum absolute atomic E-state index is 0.0531. The van der Waals surface area contributed by atoms with Gasteiger partial charge in [-0.3, -0.25) is 19.5 Å². The predicted molar refractivity (Wildman–Crippen MR) is 120 cm³/mol. The quantitative estimate of drug-likeness (QED) is 0.161. The van der Waals surface area contributed by atoms with Crippen molar-refractivity contribution in [3.8, 4) is 5.69 Å². The number of nitro groups is 1. The minimum Gasteiger partial charge on any atom is -0.268 e. The molecule has 0 spiro atoms. The Bertz CT molecular complexity index is 1320. The third-order valence-electron chi connectivity index (χ3n) is 4.44. The van der Waals surface area contributed by atoms with E-state index in [0.717, 1.165) is 5.56 Å². The molecule has 0 amide bonds. The summed E-state index contributed by atoms with van der Waals surface area (Å²) in [4.78, 5) is 28.4. The molecule has 0 saturated heterocycles. The molecular formula is C21H13Cl2N3O3S. The van der Waals surface area contributed by atoms with Crippen LogP contribution < -0.4 is 5.56 Å². The summed E-state index contributed by atoms with van der Waals surface area (Å²) in [6, 6.07) is 18.1. The number of nitrogens with zero attached hydrogens (tertiary/aromatic N) is 3. The number of thioether (sulfide) groups is 1. The number of halogens is 2. The van der Waals surface area contributed by atoms with Gasteiger partial charge in [-0.25, -0.2) is 4.98 Å². The summed E-state index contributed by atoms with van der Waals surface area (Å²) >= 11 is 13.6. The average molecular weight is 458 g/mol. The molecule has 0 atom stereocenters. The molecule has 3 aromatic carbocycles. The molecule has 0 fully saturated rings. The molecule has 150 valence electrons. The van der Waals surface area contributed by atoms with Gasteiger partial charge >= 0.3 is 0 Å². The summed E-state index contributed by atoms with van der Waals surface area (Å²) in [7, 11) is 0. The van der Waals surface area contributed by atoms with Crippen molar-refractivity contribution in [3.63, 3.8) is 0 Å². The average Bonchev–Trinajstić information content (AvgIpc) is 2.73. The number of hydrogen-bond acceptors (Lipinski definition) is 5. The molecule has 6 nitrogen and oxygen atoms in total. The van der Waals surface area contributed by atoms with Crippen LogP contribution in [0.5, 0.6) is 0 Å². The van der Waals surface area contributed by atoms with Gasteiger partial charge < -0.3 is 0 Å². The Labute approximate surface area is 185 Å². The van der Waals surface area contributed by atoms with Crippen LogP contribution >= 0.6 is 35.0 Å². The lowest BCUT2D eigenvalue weighted by Gasteiger charge is -2.13. The first-order valence-corrected chi connectivity index (χ1v) is 10.5. The molecule has 30 heavy (non-hydrogen) atoms. The first-order valence-electron chi connectivity index (χ1n) is 8.77. The fourth-order valence-corrected chi connectivity index (χ4v) is 4.51. The number of fused-ring (bicyclic) bond motifs is 1. The summed E-state index contributed by atoms with van der Waals surface area (Å²) in [5, 5.41) is 13.0. The maximum absolute atomic E-state index is 13.2. The number of para-hydroxylation sites is 1. The molecule has 1 heterocycles. The fraction of sp³-hybridized carbons (Fsp3) is 0.0476. The van der Waals surface area contributed by atoms with E-state index in [2.05, 4.69) is 4.98 Å². The molecule has 0 saturated carbocycles. The highest BCUT2D eigenvalue weighted by molar-refractivity contribution is 7.98. The van der Waals surface area contributed by atoms with E-state index in [1.165, 1.54) is 40.6 Å². The minimum atomic E-state index is -0.483. The zero-order valence-electron chi connectivity index (χ0n) is 15.3. The highest BCUT2D eigenvalue weighted by Gasteiger charge is 2.15. The Morgan fingerprint density at radius 3 is 2.47 bits per heavy atom. The molecule has 0 aliphatic heterocycles. The molecule has 4 aromatic rings. The van der Waals surface area contributed by atoms with Crippen LogP contribution in [0.25, 0.3) is 16.6 Å². The van der Waals surface area contributed by atoms with Crippen molar-refractivity contribution in [1.82, 2.24) is 9.55 Å². The van der Waals surface area contributed by atoms with Crippen molar-refractivity contribution >= 4 is 51.6 Å². The molecule has 4 rings (SSSR count). The van der Waals surface area contributed by atoms with Gasteiger partial charge in [-0.1, -0.05) is 53.2 Å². The smallest absolute Gasteiger partial charge is 0.268 e. The standard InChI is InChI=1S/C21H13Cl2N3O3S/c22-14-6-5-13(18(23)11-14)12-30-21-24-19-4-2-1-3-17(19)20(27)25(21)15-7-9-16(10-8-15)26(28)29/h1-11H,12H2. The lowest BCUT2D eigenvalue weighted by atomic mass is 10.2. The lowest BCUT2D eigenvalue weighted by molar-refractivity contribution is -0.384. The van der Waals surface area contributed by atoms with Crippen LogP contribution in [0.3, 0.4) is 0 Å². The summed E-state index contributed by atoms with van der Waals surface area (Å²) in [6.07, 6.45) is 0. The zero-order valence-corrected chi connectivity index (χ0v) is 17.6. The van der Waals surface area contributed by atoms with E-state index in [9.17, 15) is 14.9 Å². The number of aromatic nitrogens is 2. The molecule has 9 heteroatoms. The van der Waals surface area contributed by atoms with E-state index in [-0.39, 0.29) is 11.2 Å². The molecule has 0 unspecified atom stereocenters. The second-order valence-electron chi connectivity index (χ2n) is 6.35. The van der Waals surface area contributed by atoms with Gasteiger partial charge in [-0.15, -0.1) is 0 Å². The molecule has 1 aromatic heterocycles. The number of rotatable bonds is 5. The Kier molecular flexibility index (Phi) is 5.76. The number of nitro benzene ring substituents is 1. The summed E-state index contributed by atoms with van der Waals surface area (Å²) in [6.45, 7) is 0. The zero-order chi connectivity index (χ0) is 21.3. The Hall–Kier alpha value is -2.87. The van der Waals surface area contributed by atoms with Crippen LogP contribution in [0.1, 0.15) is 5.56 Å². The van der Waals surface area contributed by atoms with E-state index in [1.54, 1.807) is 30.3 Å². The van der Waals surface area contributed by atoms with Crippen molar-refractivity contribution in [2.24, 2.45) is 0 Å². The molecule has 0 bridgehead atoms. The van der Waals surface area contributed by atoms with Crippen LogP contribution in [0.4, 0.5) is 5.69 Å². The van der Waals surface area contributed by atoms with Crippen LogP contribution in [0.2, 0.25) is 10.0 Å². The fourth-order valence-electron chi connectivity index (χ4n) is 2.94. The van der Waals surface area contributed by atoms with Gasteiger partial charge in [0.15, 0.2) is 5.16 Å². The van der Waals surface area contributed by atoms with Gasteiger partial charge in [0.05, 0.1) is 21.5 Å². The monoisotopic (exact) mass is 457 g/mol. The normalized spacial score (nSPS) is 11.0. The van der Waals surface area contributed by atoms with Gasteiger partial charge in [-0.2, -0.15) is 0 Å². The maximum atomic E-state index is 13.2. The van der Waals surface area contributed by atoms with E-state index >= 15 is 0 Å². The van der Waals surface area contributed by atoms with Crippen molar-refractivity contribution in [1.29, 1.82) is 0 Å². The van der Waals surface area contributed by atoms with Gasteiger partial charge in [0.2, 0.25) is 0 Å². The highest BCUT2D eigenvalue weighted by atomic mass is 35.5. The second-order valence-corrected chi connectivity index (χ2v) is 8.14. The SMILES string of the molecule is O=c1c2ccccc2nc(SCc2ccc(Cl)cc2Cl)n1-c1ccc([N+](=O)[O-])cc1. The highest BCUT2D eigenvalue weighted by Crippen LogP contribution is 2.29. The maximum Gasteiger partial charge on any atom is 0.269 e. The first kappa shape index (κ1) is 20.4. The Morgan fingerprint density at radius 1 is 1.03 bits per heavy atom. The van der Waals surface area contributed by atoms with Gasteiger partial charge in [-0.05, 0) is 42.0 Å². The van der Waals surface area contributed by atoms with Gasteiger partial charge in [0.25, 0.3) is 11.2 Å². The van der Waals surface area contributed by atoms with Crippen LogP contribution in [0.15, 0.2) is 76.7 Å². The largest absolute Gasteiger partial charge is 0.269 e. The summed E-state index contributed by atoms with van der Waals surface area (Å²) in [5.41, 5.74) is 1.62. The van der Waals surface area contributed by atoms with Gasteiger partial charge in [0, 0.05) is 27.9 Å². The summed E-state index contributed by atoms with van der Waals surface area (Å²) in [5.74, 6) is 0.466. The topological polar surface area (TPSA) is 78.0 Å². The number of hydrogen-bond donors (Lipinski definition) is 0. The molecule has 0 aliphatic carbocycles. The molecule has 0 N–H and O–H groups in total. The van der Waals surface area contributed by atoms with Crippen LogP contribution in [0, 0.1) is 10.1 Å². The van der Waals surface area contributed by atoms with Crippen molar-refractivity contribution in [2.75, 3.05) is 0 Å². The van der Waals surface area contributed by atoms with E-state index in [1.807, 2.05) is 12.1 Å². The molecule has 0 radical (unpaired) electrons. The van der Waals surface area contributed by atoms with Crippen molar-refractivity contribution in [2.45, 2.75) is 10.9 Å². The number of non-ortho nitro benzene ring substituents is 1. The number of benzene rings is 3. The molecule has 0 aliphatic rings. The predicted octanol–water partition coefficient (Wildman–Crippen LogP) is 5.89. The van der Waals surface area contributed by atoms with Crippen molar-refractivity contribution in [3.05, 3.63) is 103 Å². The third kappa shape index (κ3) is 4.05. The first-order chi connectivity index (χ1) is 14.4. The van der Waals surface area contributed by atoms with Gasteiger partial charge in [0.1, 0.15) is 0 Å². The Morgan fingerprint density at radius 2 is 1.77 bits per heavy atom. The van der Waals surface area contributed by atoms with E-state index < -0.39 is 4.92 Å². The third-order valence-corrected chi connectivity index (χ3v) is 6.01. The van der Waals surface area contributed by atoms with Crippen molar-refractivity contribution < 1.29 is 4.92 Å². The lowest BCUT2D eigenvalue weighted by Crippen LogP contribution is -2.21. The van der Waals surface area contributed by atoms with E-state index in [4.69, 9.17) is 23.2 Å². The van der Waals surface area contributed by atoms with E-state index in [0.29, 0.717) is 37.5 Å². The van der Waals surface area contributed by atoms with Crippen LogP contribution in [-0.4, -0.2) is 14.5 Å². The Balaban J connectivity index is 1.81. The molecular weight excluding hydrogens is 445 g/mol. The summed E-state index contributed by atoms with van der Waals surface area (Å²) < 4.78 is 1.46.